The standard InChI is InChI=1S/C21H13Cl2N3O4S/c22-13-8-14(23)10-15(9-13)25-18(27)17(12-4-2-1-3-5-12)30-20(29)16-11-24-21-26(19(16)28)6-7-31-21/h1-11,17H,(H,25,27). The summed E-state index contributed by atoms with van der Waals surface area (Å²) in [6.45, 7) is 0. The molecule has 0 spiro atoms. The van der Waals surface area contributed by atoms with Gasteiger partial charge in [0.05, 0.1) is 6.20 Å². The van der Waals surface area contributed by atoms with Crippen molar-refractivity contribution in [1.82, 2.24) is 9.38 Å². The second-order valence-corrected chi connectivity index (χ2v) is 8.12. The number of hydrogen-bond donors (Lipinski definition) is 1. The lowest BCUT2D eigenvalue weighted by Crippen LogP contribution is -2.29. The zero-order valence-corrected chi connectivity index (χ0v) is 17.9. The molecule has 0 radical (unpaired) electrons. The van der Waals surface area contributed by atoms with E-state index >= 15 is 0 Å². The van der Waals surface area contributed by atoms with Gasteiger partial charge in [-0.25, -0.2) is 9.78 Å². The van der Waals surface area contributed by atoms with Gasteiger partial charge in [0.2, 0.25) is 6.10 Å². The maximum Gasteiger partial charge on any atom is 0.346 e. The maximum atomic E-state index is 13.0. The smallest absolute Gasteiger partial charge is 0.346 e. The van der Waals surface area contributed by atoms with E-state index in [2.05, 4.69) is 10.3 Å². The summed E-state index contributed by atoms with van der Waals surface area (Å²) in [6.07, 6.45) is 1.33. The van der Waals surface area contributed by atoms with Gasteiger partial charge in [0.15, 0.2) is 4.96 Å². The van der Waals surface area contributed by atoms with Gasteiger partial charge in [-0.3, -0.25) is 14.0 Å². The van der Waals surface area contributed by atoms with E-state index in [9.17, 15) is 14.4 Å². The van der Waals surface area contributed by atoms with E-state index in [0.717, 1.165) is 6.20 Å². The summed E-state index contributed by atoms with van der Waals surface area (Å²) in [6, 6.07) is 13.0. The molecule has 2 aromatic heterocycles. The molecule has 2 heterocycles. The van der Waals surface area contributed by atoms with Crippen molar-refractivity contribution in [1.29, 1.82) is 0 Å². The fourth-order valence-electron chi connectivity index (χ4n) is 2.87. The Labute approximate surface area is 189 Å². The highest BCUT2D eigenvalue weighted by atomic mass is 35.5. The minimum atomic E-state index is -1.32. The minimum Gasteiger partial charge on any atom is -0.443 e. The number of carbonyl (C=O) groups excluding carboxylic acids is 2. The van der Waals surface area contributed by atoms with Gasteiger partial charge in [0, 0.05) is 32.9 Å². The molecule has 0 aliphatic rings. The average molecular weight is 474 g/mol. The number of thiazole rings is 1. The molecule has 7 nitrogen and oxygen atoms in total. The number of rotatable bonds is 5. The quantitative estimate of drug-likeness (QED) is 0.427. The lowest BCUT2D eigenvalue weighted by atomic mass is 10.1. The van der Waals surface area contributed by atoms with Crippen molar-refractivity contribution in [3.63, 3.8) is 0 Å². The van der Waals surface area contributed by atoms with Crippen LogP contribution in [0.15, 0.2) is 71.1 Å². The molecule has 4 aromatic rings. The van der Waals surface area contributed by atoms with Crippen LogP contribution in [0.25, 0.3) is 4.96 Å². The molecule has 4 rings (SSSR count). The number of amides is 1. The third-order valence-electron chi connectivity index (χ3n) is 4.26. The van der Waals surface area contributed by atoms with Crippen molar-refractivity contribution in [2.75, 3.05) is 5.32 Å². The van der Waals surface area contributed by atoms with E-state index in [1.54, 1.807) is 35.7 Å². The van der Waals surface area contributed by atoms with Crippen molar-refractivity contribution in [2.24, 2.45) is 0 Å². The predicted octanol–water partition coefficient (Wildman–Crippen LogP) is 4.60. The van der Waals surface area contributed by atoms with Gasteiger partial charge < -0.3 is 10.1 Å². The summed E-state index contributed by atoms with van der Waals surface area (Å²) in [5.74, 6) is -1.60. The number of ether oxygens (including phenoxy) is 1. The molecular weight excluding hydrogens is 461 g/mol. The summed E-state index contributed by atoms with van der Waals surface area (Å²) < 4.78 is 6.70. The largest absolute Gasteiger partial charge is 0.443 e. The van der Waals surface area contributed by atoms with Crippen molar-refractivity contribution in [3.05, 3.63) is 97.8 Å². The Balaban J connectivity index is 1.64. The molecule has 10 heteroatoms. The third-order valence-corrected chi connectivity index (χ3v) is 5.47. The number of anilines is 1. The fraction of sp³-hybridized carbons (Fsp3) is 0.0476. The molecule has 31 heavy (non-hydrogen) atoms. The predicted molar refractivity (Wildman–Crippen MR) is 119 cm³/mol. The zero-order chi connectivity index (χ0) is 22.0. The Morgan fingerprint density at radius 2 is 1.81 bits per heavy atom. The van der Waals surface area contributed by atoms with E-state index in [-0.39, 0.29) is 5.56 Å². The van der Waals surface area contributed by atoms with E-state index in [1.807, 2.05) is 0 Å². The SMILES string of the molecule is O=C(OC(C(=O)Nc1cc(Cl)cc(Cl)c1)c1ccccc1)c1cnc2sccn2c1=O. The number of esters is 1. The molecule has 156 valence electrons. The van der Waals surface area contributed by atoms with Gasteiger partial charge >= 0.3 is 5.97 Å². The van der Waals surface area contributed by atoms with Crippen LogP contribution < -0.4 is 10.9 Å². The molecule has 0 aliphatic heterocycles. The van der Waals surface area contributed by atoms with Gasteiger partial charge in [0.1, 0.15) is 5.56 Å². The van der Waals surface area contributed by atoms with E-state index in [4.69, 9.17) is 27.9 Å². The molecule has 1 unspecified atom stereocenters. The van der Waals surface area contributed by atoms with Crippen LogP contribution in [-0.2, 0) is 9.53 Å². The summed E-state index contributed by atoms with van der Waals surface area (Å²) in [4.78, 5) is 42.9. The number of halogens is 2. The molecule has 0 saturated heterocycles. The molecule has 1 N–H and O–H groups in total. The first-order chi connectivity index (χ1) is 14.9. The van der Waals surface area contributed by atoms with Gasteiger partial charge in [-0.2, -0.15) is 0 Å². The van der Waals surface area contributed by atoms with Crippen LogP contribution in [0, 0.1) is 0 Å². The van der Waals surface area contributed by atoms with Crippen LogP contribution in [-0.4, -0.2) is 21.3 Å². The molecular formula is C21H13Cl2N3O4S. The van der Waals surface area contributed by atoms with Crippen LogP contribution in [0.4, 0.5) is 5.69 Å². The number of carbonyl (C=O) groups is 2. The fourth-order valence-corrected chi connectivity index (χ4v) is 4.07. The van der Waals surface area contributed by atoms with Crippen molar-refractivity contribution in [3.8, 4) is 0 Å². The van der Waals surface area contributed by atoms with Crippen LogP contribution in [0.1, 0.15) is 22.0 Å². The average Bonchev–Trinajstić information content (AvgIpc) is 3.21. The van der Waals surface area contributed by atoms with Gasteiger partial charge in [-0.05, 0) is 18.2 Å². The molecule has 0 bridgehead atoms. The van der Waals surface area contributed by atoms with Gasteiger partial charge in [-0.15, -0.1) is 11.3 Å². The van der Waals surface area contributed by atoms with Crippen molar-refractivity contribution < 1.29 is 14.3 Å². The van der Waals surface area contributed by atoms with E-state index in [1.165, 1.54) is 40.1 Å². The maximum absolute atomic E-state index is 13.0. The molecule has 0 aliphatic carbocycles. The van der Waals surface area contributed by atoms with Crippen LogP contribution in [0.2, 0.25) is 10.0 Å². The molecule has 2 aromatic carbocycles. The van der Waals surface area contributed by atoms with Crippen LogP contribution in [0.5, 0.6) is 0 Å². The number of nitrogens with zero attached hydrogens (tertiary/aromatic N) is 2. The minimum absolute atomic E-state index is 0.282. The molecule has 0 fully saturated rings. The Hall–Kier alpha value is -3.20. The van der Waals surface area contributed by atoms with Gasteiger partial charge in [-0.1, -0.05) is 53.5 Å². The Bertz CT molecular complexity index is 1320. The summed E-state index contributed by atoms with van der Waals surface area (Å²) in [5.41, 5.74) is -0.104. The van der Waals surface area contributed by atoms with Gasteiger partial charge in [0.25, 0.3) is 11.5 Å². The highest BCUT2D eigenvalue weighted by Crippen LogP contribution is 2.25. The first-order valence-electron chi connectivity index (χ1n) is 8.90. The van der Waals surface area contributed by atoms with Crippen LogP contribution in [0.3, 0.4) is 0 Å². The number of aromatic nitrogens is 2. The van der Waals surface area contributed by atoms with E-state index in [0.29, 0.717) is 26.3 Å². The summed E-state index contributed by atoms with van der Waals surface area (Å²) >= 11 is 13.2. The first-order valence-corrected chi connectivity index (χ1v) is 10.5. The Kier molecular flexibility index (Phi) is 6.03. The van der Waals surface area contributed by atoms with Crippen molar-refractivity contribution >= 4 is 57.1 Å². The molecule has 1 atom stereocenters. The summed E-state index contributed by atoms with van der Waals surface area (Å²) in [7, 11) is 0. The van der Waals surface area contributed by atoms with E-state index < -0.39 is 23.5 Å². The lowest BCUT2D eigenvalue weighted by Gasteiger charge is -2.18. The summed E-state index contributed by atoms with van der Waals surface area (Å²) in [5, 5.41) is 4.98. The number of benzene rings is 2. The monoisotopic (exact) mass is 473 g/mol. The number of hydrogen-bond acceptors (Lipinski definition) is 6. The van der Waals surface area contributed by atoms with Crippen molar-refractivity contribution in [2.45, 2.75) is 6.10 Å². The number of nitrogens with one attached hydrogen (secondary N) is 1. The lowest BCUT2D eigenvalue weighted by molar-refractivity contribution is -0.125. The third kappa shape index (κ3) is 4.61. The highest BCUT2D eigenvalue weighted by Gasteiger charge is 2.27. The molecule has 1 amide bonds. The highest BCUT2D eigenvalue weighted by molar-refractivity contribution is 7.15. The zero-order valence-electron chi connectivity index (χ0n) is 15.6. The normalized spacial score (nSPS) is 11.8. The van der Waals surface area contributed by atoms with Crippen LogP contribution >= 0.6 is 34.5 Å². The molecule has 0 saturated carbocycles. The number of fused-ring (bicyclic) bond motifs is 1. The Morgan fingerprint density at radius 3 is 2.52 bits per heavy atom. The first kappa shape index (κ1) is 21.0. The second-order valence-electron chi connectivity index (χ2n) is 6.38. The Morgan fingerprint density at radius 1 is 1.10 bits per heavy atom. The second kappa shape index (κ2) is 8.89. The topological polar surface area (TPSA) is 89.8 Å².